The zero-order valence-electron chi connectivity index (χ0n) is 19.1. The molecule has 0 aliphatic rings. The molecule has 2 aromatic carbocycles. The van der Waals surface area contributed by atoms with Gasteiger partial charge in [0, 0.05) is 29.7 Å². The molecule has 0 fully saturated rings. The molecule has 0 aliphatic carbocycles. The summed E-state index contributed by atoms with van der Waals surface area (Å²) in [5.41, 5.74) is 12.0. The molecule has 0 unspecified atom stereocenters. The first-order valence-electron chi connectivity index (χ1n) is 11.0. The molecule has 7 heteroatoms. The van der Waals surface area contributed by atoms with E-state index >= 15 is 0 Å². The Balaban J connectivity index is 1.63. The Morgan fingerprint density at radius 2 is 1.74 bits per heavy atom. The van der Waals surface area contributed by atoms with E-state index in [4.69, 9.17) is 25.2 Å². The average molecular weight is 452 g/mol. The predicted octanol–water partition coefficient (Wildman–Crippen LogP) is 5.07. The summed E-state index contributed by atoms with van der Waals surface area (Å²) in [4.78, 5) is 17.3. The molecule has 0 atom stereocenters. The number of nitrogens with zero attached hydrogens (tertiary/aromatic N) is 3. The molecule has 3 N–H and O–H groups in total. The average Bonchev–Trinajstić information content (AvgIpc) is 3.36. The third-order valence-corrected chi connectivity index (χ3v) is 5.85. The van der Waals surface area contributed by atoms with Gasteiger partial charge < -0.3 is 20.2 Å². The van der Waals surface area contributed by atoms with Crippen molar-refractivity contribution in [2.75, 3.05) is 20.0 Å². The Hall–Kier alpha value is -4.39. The number of methoxy groups -OCH3 is 2. The number of anilines is 1. The lowest BCUT2D eigenvalue weighted by molar-refractivity contribution is 0.357. The van der Waals surface area contributed by atoms with Crippen molar-refractivity contribution in [3.63, 3.8) is 0 Å². The van der Waals surface area contributed by atoms with Gasteiger partial charge in [0.2, 0.25) is 0 Å². The van der Waals surface area contributed by atoms with Gasteiger partial charge in [-0.3, -0.25) is 4.98 Å². The molecule has 0 amide bonds. The van der Waals surface area contributed by atoms with Gasteiger partial charge >= 0.3 is 0 Å². The summed E-state index contributed by atoms with van der Waals surface area (Å²) in [5, 5.41) is 0.731. The number of hydrogen-bond acceptors (Lipinski definition) is 6. The number of nitrogens with two attached hydrogens (primary N) is 1. The van der Waals surface area contributed by atoms with Crippen molar-refractivity contribution in [1.29, 1.82) is 0 Å². The monoisotopic (exact) mass is 451 g/mol. The molecule has 0 saturated carbocycles. The van der Waals surface area contributed by atoms with Gasteiger partial charge in [-0.2, -0.15) is 0 Å². The van der Waals surface area contributed by atoms with Crippen molar-refractivity contribution in [1.82, 2.24) is 19.9 Å². The molecule has 3 aromatic heterocycles. The second-order valence-corrected chi connectivity index (χ2v) is 7.88. The molecule has 3 heterocycles. The standard InChI is InChI=1S/C27H25N5O2/c1-33-21-16-20-23(22(25(21)34-2)17-8-4-3-5-9-17)26(28)32-27(31-20)24-18(13-15-30-24)11-12-19-10-6-7-14-29-19/h3-10,13-16,30H,11-12H2,1-2H3,(H2,28,31,32). The highest BCUT2D eigenvalue weighted by atomic mass is 16.5. The smallest absolute Gasteiger partial charge is 0.178 e. The highest BCUT2D eigenvalue weighted by molar-refractivity contribution is 6.06. The number of aromatic nitrogens is 4. The lowest BCUT2D eigenvalue weighted by Gasteiger charge is -2.17. The topological polar surface area (TPSA) is 98.9 Å². The van der Waals surface area contributed by atoms with Gasteiger partial charge in [-0.05, 0) is 42.2 Å². The molecule has 0 saturated heterocycles. The van der Waals surface area contributed by atoms with Gasteiger partial charge in [0.15, 0.2) is 17.3 Å². The van der Waals surface area contributed by atoms with E-state index in [-0.39, 0.29) is 0 Å². The number of hydrogen-bond donors (Lipinski definition) is 2. The molecule has 0 radical (unpaired) electrons. The fourth-order valence-electron chi connectivity index (χ4n) is 4.26. The van der Waals surface area contributed by atoms with Crippen molar-refractivity contribution in [2.45, 2.75) is 12.8 Å². The number of pyridine rings is 1. The quantitative estimate of drug-likeness (QED) is 0.358. The van der Waals surface area contributed by atoms with E-state index in [1.807, 2.05) is 73.1 Å². The van der Waals surface area contributed by atoms with Crippen LogP contribution in [0.15, 0.2) is 73.1 Å². The first kappa shape index (κ1) is 21.5. The second-order valence-electron chi connectivity index (χ2n) is 7.88. The number of rotatable bonds is 7. The van der Waals surface area contributed by atoms with E-state index in [0.717, 1.165) is 46.3 Å². The fourth-order valence-corrected chi connectivity index (χ4v) is 4.26. The summed E-state index contributed by atoms with van der Waals surface area (Å²) in [6.45, 7) is 0. The van der Waals surface area contributed by atoms with Crippen LogP contribution in [-0.2, 0) is 12.8 Å². The molecule has 0 bridgehead atoms. The van der Waals surface area contributed by atoms with Gasteiger partial charge in [-0.15, -0.1) is 0 Å². The van der Waals surface area contributed by atoms with Crippen LogP contribution in [-0.4, -0.2) is 34.2 Å². The van der Waals surface area contributed by atoms with Gasteiger partial charge in [-0.1, -0.05) is 36.4 Å². The summed E-state index contributed by atoms with van der Waals surface area (Å²) >= 11 is 0. The van der Waals surface area contributed by atoms with Crippen LogP contribution in [0.25, 0.3) is 33.5 Å². The minimum Gasteiger partial charge on any atom is -0.493 e. The normalized spacial score (nSPS) is 11.0. The lowest BCUT2D eigenvalue weighted by Crippen LogP contribution is -2.03. The number of nitrogens with one attached hydrogen (secondary N) is 1. The Kier molecular flexibility index (Phi) is 5.82. The van der Waals surface area contributed by atoms with Gasteiger partial charge in [0.05, 0.1) is 30.8 Å². The van der Waals surface area contributed by atoms with Crippen LogP contribution in [0.3, 0.4) is 0 Å². The number of ether oxygens (including phenoxy) is 2. The predicted molar refractivity (Wildman–Crippen MR) is 134 cm³/mol. The van der Waals surface area contributed by atoms with Crippen LogP contribution in [0.1, 0.15) is 11.3 Å². The van der Waals surface area contributed by atoms with Gasteiger partial charge in [-0.25, -0.2) is 9.97 Å². The van der Waals surface area contributed by atoms with E-state index in [1.165, 1.54) is 0 Å². The largest absolute Gasteiger partial charge is 0.493 e. The Morgan fingerprint density at radius 3 is 2.47 bits per heavy atom. The lowest BCUT2D eigenvalue weighted by atomic mass is 9.98. The molecular formula is C27H25N5O2. The molecule has 5 aromatic rings. The molecule has 5 rings (SSSR count). The van der Waals surface area contributed by atoms with Crippen molar-refractivity contribution in [2.24, 2.45) is 0 Å². The zero-order valence-corrected chi connectivity index (χ0v) is 19.1. The van der Waals surface area contributed by atoms with Crippen molar-refractivity contribution in [3.05, 3.63) is 84.3 Å². The zero-order chi connectivity index (χ0) is 23.5. The molecule has 7 nitrogen and oxygen atoms in total. The maximum atomic E-state index is 6.56. The van der Waals surface area contributed by atoms with Gasteiger partial charge in [0.1, 0.15) is 5.82 Å². The highest BCUT2D eigenvalue weighted by Gasteiger charge is 2.22. The summed E-state index contributed by atoms with van der Waals surface area (Å²) in [5.74, 6) is 2.10. The summed E-state index contributed by atoms with van der Waals surface area (Å²) in [6, 6.07) is 19.8. The number of aromatic amines is 1. The van der Waals surface area contributed by atoms with Crippen molar-refractivity contribution < 1.29 is 9.47 Å². The third-order valence-electron chi connectivity index (χ3n) is 5.85. The van der Waals surface area contributed by atoms with Crippen LogP contribution in [0.5, 0.6) is 11.5 Å². The summed E-state index contributed by atoms with van der Waals surface area (Å²) in [6.07, 6.45) is 5.33. The molecule has 0 spiro atoms. The minimum atomic E-state index is 0.380. The third kappa shape index (κ3) is 3.92. The Bertz CT molecular complexity index is 1430. The van der Waals surface area contributed by atoms with Crippen molar-refractivity contribution in [3.8, 4) is 34.1 Å². The van der Waals surface area contributed by atoms with E-state index in [2.05, 4.69) is 9.97 Å². The number of benzene rings is 2. The molecule has 0 aliphatic heterocycles. The number of nitrogen functional groups attached to an aromatic ring is 1. The SMILES string of the molecule is COc1cc2nc(-c3[nH]ccc3CCc3ccccn3)nc(N)c2c(-c2ccccc2)c1OC. The van der Waals surface area contributed by atoms with Crippen LogP contribution in [0.4, 0.5) is 5.82 Å². The molecular weight excluding hydrogens is 426 g/mol. The number of H-pyrrole nitrogens is 1. The van der Waals surface area contributed by atoms with Gasteiger partial charge in [0.25, 0.3) is 0 Å². The Morgan fingerprint density at radius 1 is 0.912 bits per heavy atom. The van der Waals surface area contributed by atoms with E-state index < -0.39 is 0 Å². The summed E-state index contributed by atoms with van der Waals surface area (Å²) < 4.78 is 11.4. The molecule has 34 heavy (non-hydrogen) atoms. The van der Waals surface area contributed by atoms with E-state index in [0.29, 0.717) is 28.7 Å². The van der Waals surface area contributed by atoms with E-state index in [9.17, 15) is 0 Å². The van der Waals surface area contributed by atoms with E-state index in [1.54, 1.807) is 14.2 Å². The summed E-state index contributed by atoms with van der Waals surface area (Å²) in [7, 11) is 3.24. The van der Waals surface area contributed by atoms with Crippen molar-refractivity contribution >= 4 is 16.7 Å². The number of fused-ring (bicyclic) bond motifs is 1. The first-order chi connectivity index (χ1) is 16.7. The maximum Gasteiger partial charge on any atom is 0.178 e. The molecule has 170 valence electrons. The van der Waals surface area contributed by atoms with Crippen LogP contribution < -0.4 is 15.2 Å². The minimum absolute atomic E-state index is 0.380. The maximum absolute atomic E-state index is 6.56. The fraction of sp³-hybridized carbons (Fsp3) is 0.148. The van der Waals surface area contributed by atoms with Crippen LogP contribution >= 0.6 is 0 Å². The first-order valence-corrected chi connectivity index (χ1v) is 11.0. The Labute approximate surface area is 197 Å². The second kappa shape index (κ2) is 9.23. The highest BCUT2D eigenvalue weighted by Crippen LogP contribution is 2.45. The van der Waals surface area contributed by atoms with Crippen LogP contribution in [0.2, 0.25) is 0 Å². The van der Waals surface area contributed by atoms with Crippen LogP contribution in [0, 0.1) is 0 Å². The number of aryl methyl sites for hydroxylation is 2.